The summed E-state index contributed by atoms with van der Waals surface area (Å²) < 4.78 is 16.2. The number of nitrogens with one attached hydrogen (secondary N) is 1. The van der Waals surface area contributed by atoms with Crippen LogP contribution in [0, 0.1) is 0 Å². The van der Waals surface area contributed by atoms with Crippen molar-refractivity contribution in [2.24, 2.45) is 0 Å². The molecule has 3 rings (SSSR count). The highest BCUT2D eigenvalue weighted by Crippen LogP contribution is 2.37. The Bertz CT molecular complexity index is 691. The normalized spacial score (nSPS) is 20.6. The van der Waals surface area contributed by atoms with Gasteiger partial charge in [0.2, 0.25) is 5.91 Å². The second-order valence-electron chi connectivity index (χ2n) is 7.05. The Morgan fingerprint density at radius 1 is 1.20 bits per heavy atom. The molecule has 0 atom stereocenters. The quantitative estimate of drug-likeness (QED) is 0.846. The molecule has 2 aliphatic rings. The number of methoxy groups -OCH3 is 2. The molecule has 1 aromatic rings. The molecular formula is C19H26N2O4. The molecule has 0 saturated carbocycles. The van der Waals surface area contributed by atoms with Crippen molar-refractivity contribution in [2.75, 3.05) is 40.5 Å². The lowest BCUT2D eigenvalue weighted by atomic mass is 9.85. The minimum atomic E-state index is -0.149. The van der Waals surface area contributed by atoms with E-state index in [2.05, 4.69) is 19.2 Å². The Labute approximate surface area is 148 Å². The Balaban J connectivity index is 1.99. The molecule has 2 heterocycles. The van der Waals surface area contributed by atoms with Gasteiger partial charge in [0.1, 0.15) is 0 Å². The summed E-state index contributed by atoms with van der Waals surface area (Å²) in [6.07, 6.45) is 2.53. The Morgan fingerprint density at radius 3 is 2.48 bits per heavy atom. The number of ether oxygens (including phenoxy) is 3. The van der Waals surface area contributed by atoms with Gasteiger partial charge in [-0.25, -0.2) is 0 Å². The van der Waals surface area contributed by atoms with Gasteiger partial charge in [-0.05, 0) is 38.0 Å². The maximum atomic E-state index is 12.7. The van der Waals surface area contributed by atoms with Crippen molar-refractivity contribution in [3.8, 4) is 11.5 Å². The molecule has 1 saturated heterocycles. The van der Waals surface area contributed by atoms with Crippen LogP contribution in [-0.4, -0.2) is 56.9 Å². The molecule has 0 unspecified atom stereocenters. The number of benzene rings is 1. The molecule has 0 spiro atoms. The Morgan fingerprint density at radius 2 is 1.84 bits per heavy atom. The largest absolute Gasteiger partial charge is 0.493 e. The van der Waals surface area contributed by atoms with Crippen molar-refractivity contribution in [3.05, 3.63) is 29.3 Å². The van der Waals surface area contributed by atoms with Crippen LogP contribution in [0.4, 0.5) is 0 Å². The highest BCUT2D eigenvalue weighted by atomic mass is 16.5. The lowest BCUT2D eigenvalue weighted by Crippen LogP contribution is -2.45. The number of nitrogens with zero attached hydrogens (tertiary/aromatic N) is 1. The van der Waals surface area contributed by atoms with Crippen LogP contribution < -0.4 is 14.8 Å². The van der Waals surface area contributed by atoms with Gasteiger partial charge in [-0.2, -0.15) is 0 Å². The summed E-state index contributed by atoms with van der Waals surface area (Å²) in [5, 5.41) is 3.49. The molecule has 2 aliphatic heterocycles. The number of morpholine rings is 1. The fourth-order valence-corrected chi connectivity index (χ4v) is 3.38. The van der Waals surface area contributed by atoms with Crippen LogP contribution in [0.5, 0.6) is 11.5 Å². The predicted molar refractivity (Wildman–Crippen MR) is 95.8 cm³/mol. The third-order valence-electron chi connectivity index (χ3n) is 4.60. The summed E-state index contributed by atoms with van der Waals surface area (Å²) in [6.45, 7) is 6.69. The zero-order valence-corrected chi connectivity index (χ0v) is 15.3. The molecule has 0 aliphatic carbocycles. The lowest BCUT2D eigenvalue weighted by molar-refractivity contribution is -0.129. The minimum Gasteiger partial charge on any atom is -0.493 e. The monoisotopic (exact) mass is 346 g/mol. The van der Waals surface area contributed by atoms with Gasteiger partial charge >= 0.3 is 0 Å². The highest BCUT2D eigenvalue weighted by molar-refractivity contribution is 5.96. The number of hydrogen-bond acceptors (Lipinski definition) is 5. The summed E-state index contributed by atoms with van der Waals surface area (Å²) in [4.78, 5) is 14.5. The summed E-state index contributed by atoms with van der Waals surface area (Å²) in [5.41, 5.74) is 2.80. The van der Waals surface area contributed by atoms with E-state index >= 15 is 0 Å². The van der Waals surface area contributed by atoms with Crippen LogP contribution >= 0.6 is 0 Å². The van der Waals surface area contributed by atoms with Gasteiger partial charge in [0.05, 0.1) is 27.4 Å². The second-order valence-corrected chi connectivity index (χ2v) is 7.05. The molecule has 1 N–H and O–H groups in total. The molecule has 1 fully saturated rings. The van der Waals surface area contributed by atoms with Gasteiger partial charge in [-0.1, -0.05) is 0 Å². The van der Waals surface area contributed by atoms with Crippen LogP contribution in [0.15, 0.2) is 18.2 Å². The number of rotatable bonds is 3. The molecule has 0 bridgehead atoms. The Kier molecular flexibility index (Phi) is 4.90. The van der Waals surface area contributed by atoms with E-state index in [0.29, 0.717) is 37.8 Å². The van der Waals surface area contributed by atoms with Crippen LogP contribution in [0.1, 0.15) is 25.0 Å². The number of amides is 1. The molecule has 25 heavy (non-hydrogen) atoms. The van der Waals surface area contributed by atoms with Crippen molar-refractivity contribution < 1.29 is 19.0 Å². The molecule has 6 heteroatoms. The van der Waals surface area contributed by atoms with E-state index in [-0.39, 0.29) is 11.4 Å². The van der Waals surface area contributed by atoms with Crippen LogP contribution in [-0.2, 0) is 16.0 Å². The molecule has 1 amide bonds. The molecular weight excluding hydrogens is 320 g/mol. The van der Waals surface area contributed by atoms with Gasteiger partial charge in [0.15, 0.2) is 11.5 Å². The summed E-state index contributed by atoms with van der Waals surface area (Å²) >= 11 is 0. The third-order valence-corrected chi connectivity index (χ3v) is 4.60. The first-order valence-corrected chi connectivity index (χ1v) is 8.55. The SMILES string of the molecule is COc1cc2c(cc1OC)/C(=C/C(=O)N1CCOCC1)NC(C)(C)C2. The number of fused-ring (bicyclic) bond motifs is 1. The maximum Gasteiger partial charge on any atom is 0.248 e. The van der Waals surface area contributed by atoms with Gasteiger partial charge in [0.25, 0.3) is 0 Å². The predicted octanol–water partition coefficient (Wildman–Crippen LogP) is 1.83. The standard InChI is InChI=1S/C19H26N2O4/c1-19(2)12-13-9-16(23-3)17(24-4)10-14(13)15(20-19)11-18(22)21-5-7-25-8-6-21/h9-11,20H,5-8,12H2,1-4H3/b15-11-. The van der Waals surface area contributed by atoms with Gasteiger partial charge in [-0.3, -0.25) is 4.79 Å². The zero-order chi connectivity index (χ0) is 18.0. The van der Waals surface area contributed by atoms with Crippen molar-refractivity contribution in [1.82, 2.24) is 10.2 Å². The van der Waals surface area contributed by atoms with Crippen molar-refractivity contribution in [1.29, 1.82) is 0 Å². The number of carbonyl (C=O) groups excluding carboxylic acids is 1. The summed E-state index contributed by atoms with van der Waals surface area (Å²) in [5.74, 6) is 1.37. The zero-order valence-electron chi connectivity index (χ0n) is 15.3. The van der Waals surface area contributed by atoms with Crippen LogP contribution in [0.3, 0.4) is 0 Å². The third kappa shape index (κ3) is 3.74. The smallest absolute Gasteiger partial charge is 0.248 e. The van der Waals surface area contributed by atoms with E-state index in [9.17, 15) is 4.79 Å². The first-order valence-electron chi connectivity index (χ1n) is 8.55. The summed E-state index contributed by atoms with van der Waals surface area (Å²) in [7, 11) is 3.25. The molecule has 136 valence electrons. The maximum absolute atomic E-state index is 12.7. The average molecular weight is 346 g/mol. The van der Waals surface area contributed by atoms with Crippen LogP contribution in [0.25, 0.3) is 5.70 Å². The highest BCUT2D eigenvalue weighted by Gasteiger charge is 2.30. The first-order chi connectivity index (χ1) is 11.9. The van der Waals surface area contributed by atoms with Gasteiger partial charge in [-0.15, -0.1) is 0 Å². The second kappa shape index (κ2) is 6.96. The number of carbonyl (C=O) groups is 1. The summed E-state index contributed by atoms with van der Waals surface area (Å²) in [6, 6.07) is 3.94. The van der Waals surface area contributed by atoms with E-state index < -0.39 is 0 Å². The van der Waals surface area contributed by atoms with E-state index in [0.717, 1.165) is 23.2 Å². The van der Waals surface area contributed by atoms with Crippen LogP contribution in [0.2, 0.25) is 0 Å². The molecule has 0 radical (unpaired) electrons. The fraction of sp³-hybridized carbons (Fsp3) is 0.526. The van der Waals surface area contributed by atoms with Crippen molar-refractivity contribution >= 4 is 11.6 Å². The minimum absolute atomic E-state index is 0.00392. The van der Waals surface area contributed by atoms with Crippen molar-refractivity contribution in [2.45, 2.75) is 25.8 Å². The first kappa shape index (κ1) is 17.6. The lowest BCUT2D eigenvalue weighted by Gasteiger charge is -2.36. The fourth-order valence-electron chi connectivity index (χ4n) is 3.38. The molecule has 1 aromatic carbocycles. The van der Waals surface area contributed by atoms with E-state index in [1.807, 2.05) is 17.0 Å². The Hall–Kier alpha value is -2.21. The van der Waals surface area contributed by atoms with E-state index in [1.165, 1.54) is 0 Å². The molecule has 6 nitrogen and oxygen atoms in total. The van der Waals surface area contributed by atoms with E-state index in [1.54, 1.807) is 20.3 Å². The van der Waals surface area contributed by atoms with E-state index in [4.69, 9.17) is 14.2 Å². The number of hydrogen-bond donors (Lipinski definition) is 1. The molecule has 0 aromatic heterocycles. The average Bonchev–Trinajstić information content (AvgIpc) is 2.60. The van der Waals surface area contributed by atoms with Crippen molar-refractivity contribution in [3.63, 3.8) is 0 Å². The van der Waals surface area contributed by atoms with Gasteiger partial charge < -0.3 is 24.4 Å². The van der Waals surface area contributed by atoms with Gasteiger partial charge in [0, 0.05) is 36.0 Å². The topological polar surface area (TPSA) is 60.0 Å².